The summed E-state index contributed by atoms with van der Waals surface area (Å²) in [5, 5.41) is 9.93. The second kappa shape index (κ2) is 48.6. The van der Waals surface area contributed by atoms with Crippen LogP contribution in [0.1, 0.15) is 285 Å². The van der Waals surface area contributed by atoms with E-state index in [-0.39, 0.29) is 12.6 Å². The number of carbonyl (C=O) groups is 2. The molecule has 8 nitrogen and oxygen atoms in total. The summed E-state index contributed by atoms with van der Waals surface area (Å²) in [5.74, 6) is 0.943. The molecule has 1 aliphatic rings. The van der Waals surface area contributed by atoms with Crippen molar-refractivity contribution in [3.05, 3.63) is 0 Å². The van der Waals surface area contributed by atoms with Gasteiger partial charge in [-0.15, -0.1) is 0 Å². The van der Waals surface area contributed by atoms with Crippen molar-refractivity contribution in [2.45, 2.75) is 291 Å². The summed E-state index contributed by atoms with van der Waals surface area (Å²) in [7, 11) is 0. The lowest BCUT2D eigenvalue weighted by molar-refractivity contribution is -0.145. The van der Waals surface area contributed by atoms with Crippen molar-refractivity contribution in [2.24, 2.45) is 11.8 Å². The predicted octanol–water partition coefficient (Wildman–Crippen LogP) is 16.6. The smallest absolute Gasteiger partial charge is 0.465 e. The summed E-state index contributed by atoms with van der Waals surface area (Å²) in [6, 6.07) is 0.642. The van der Waals surface area contributed by atoms with Crippen LogP contribution in [0, 0.1) is 11.8 Å². The van der Waals surface area contributed by atoms with E-state index in [1.807, 2.05) is 0 Å². The highest BCUT2D eigenvalue weighted by molar-refractivity contribution is 5.69. The van der Waals surface area contributed by atoms with Gasteiger partial charge in [0.05, 0.1) is 26.4 Å². The van der Waals surface area contributed by atoms with Crippen molar-refractivity contribution in [3.8, 4) is 0 Å². The van der Waals surface area contributed by atoms with Gasteiger partial charge in [-0.25, -0.2) is 4.79 Å². The molecule has 0 unspecified atom stereocenters. The van der Waals surface area contributed by atoms with E-state index in [1.165, 1.54) is 199 Å². The van der Waals surface area contributed by atoms with Gasteiger partial charge in [0, 0.05) is 32.1 Å². The Kier molecular flexibility index (Phi) is 46.2. The molecule has 1 saturated carbocycles. The zero-order valence-electron chi connectivity index (χ0n) is 44.8. The summed E-state index contributed by atoms with van der Waals surface area (Å²) >= 11 is 0. The van der Waals surface area contributed by atoms with Crippen LogP contribution in [0.15, 0.2) is 0 Å². The van der Waals surface area contributed by atoms with Gasteiger partial charge in [-0.1, -0.05) is 207 Å². The van der Waals surface area contributed by atoms with Crippen LogP contribution in [0.3, 0.4) is 0 Å². The SMILES string of the molecule is CCCCCCCCC(CCCCCCCC)COC(=O)CCCCCN(CCO)CCN(CCCCCOC(=O)OCC(CCCCCCCC)CCCCCCCC)C1CCCCC1. The Morgan fingerprint density at radius 2 is 0.894 bits per heavy atom. The molecule has 0 aromatic rings. The van der Waals surface area contributed by atoms with E-state index >= 15 is 0 Å². The van der Waals surface area contributed by atoms with Gasteiger partial charge >= 0.3 is 12.1 Å². The highest BCUT2D eigenvalue weighted by Gasteiger charge is 2.22. The number of unbranched alkanes of at least 4 members (excludes halogenated alkanes) is 24. The highest BCUT2D eigenvalue weighted by Crippen LogP contribution is 2.24. The monoisotopic (exact) mass is 935 g/mol. The molecule has 1 N–H and O–H groups in total. The quantitative estimate of drug-likeness (QED) is 0.0477. The van der Waals surface area contributed by atoms with Gasteiger partial charge in [-0.3, -0.25) is 14.6 Å². The number of hydrogen-bond donors (Lipinski definition) is 1. The summed E-state index contributed by atoms with van der Waals surface area (Å²) in [4.78, 5) is 30.6. The van der Waals surface area contributed by atoms with E-state index in [4.69, 9.17) is 14.2 Å². The van der Waals surface area contributed by atoms with E-state index in [1.54, 1.807) is 0 Å². The van der Waals surface area contributed by atoms with Gasteiger partial charge in [-0.2, -0.15) is 0 Å². The second-order valence-corrected chi connectivity index (χ2v) is 20.8. The summed E-state index contributed by atoms with van der Waals surface area (Å²) in [6.45, 7) is 15.5. The van der Waals surface area contributed by atoms with Crippen molar-refractivity contribution in [1.82, 2.24) is 9.80 Å². The average molecular weight is 936 g/mol. The molecular formula is C58H114N2O6. The molecule has 0 aromatic heterocycles. The molecule has 0 bridgehead atoms. The third kappa shape index (κ3) is 39.5. The fourth-order valence-corrected chi connectivity index (χ4v) is 10.2. The molecule has 1 fully saturated rings. The minimum atomic E-state index is -0.486. The fourth-order valence-electron chi connectivity index (χ4n) is 10.2. The van der Waals surface area contributed by atoms with Gasteiger partial charge in [0.25, 0.3) is 0 Å². The topological polar surface area (TPSA) is 88.5 Å². The van der Waals surface area contributed by atoms with Crippen LogP contribution in [0.2, 0.25) is 0 Å². The van der Waals surface area contributed by atoms with Gasteiger partial charge in [0.15, 0.2) is 0 Å². The average Bonchev–Trinajstić information content (AvgIpc) is 3.33. The number of aliphatic hydroxyl groups is 1. The standard InChI is InChI=1S/C58H114N2O6/c1-5-9-13-17-21-28-38-54(39-29-22-18-14-10-6-2)52-65-57(62)44-34-26-35-45-59(49-50-61)47-48-60(56-42-32-25-33-43-56)46-36-27-37-51-64-58(63)66-53-55(40-30-23-19-15-11-7-3)41-31-24-20-16-12-8-4/h54-56,61H,5-53H2,1-4H3. The molecule has 0 aliphatic heterocycles. The molecule has 0 spiro atoms. The molecule has 0 atom stereocenters. The molecule has 8 heteroatoms. The molecule has 0 aromatic carbocycles. The summed E-state index contributed by atoms with van der Waals surface area (Å²) in [6.07, 6.45) is 48.6. The first kappa shape index (κ1) is 62.6. The van der Waals surface area contributed by atoms with Crippen LogP contribution in [-0.4, -0.2) is 92.2 Å². The molecule has 1 aliphatic carbocycles. The van der Waals surface area contributed by atoms with E-state index in [0.717, 1.165) is 77.5 Å². The molecule has 0 heterocycles. The van der Waals surface area contributed by atoms with Gasteiger partial charge in [-0.05, 0) is 95.6 Å². The van der Waals surface area contributed by atoms with Gasteiger partial charge in [0.1, 0.15) is 0 Å². The first-order chi connectivity index (χ1) is 32.5. The first-order valence-corrected chi connectivity index (χ1v) is 29.5. The molecule has 392 valence electrons. The van der Waals surface area contributed by atoms with Crippen molar-refractivity contribution < 1.29 is 28.9 Å². The lowest BCUT2D eigenvalue weighted by Crippen LogP contribution is -2.43. The zero-order chi connectivity index (χ0) is 47.8. The molecule has 1 rings (SSSR count). The second-order valence-electron chi connectivity index (χ2n) is 20.8. The summed E-state index contributed by atoms with van der Waals surface area (Å²) < 4.78 is 17.2. The highest BCUT2D eigenvalue weighted by atomic mass is 16.7. The number of aliphatic hydroxyl groups excluding tert-OH is 1. The Hall–Kier alpha value is -1.38. The first-order valence-electron chi connectivity index (χ1n) is 29.5. The maximum Gasteiger partial charge on any atom is 0.508 e. The number of esters is 1. The Morgan fingerprint density at radius 1 is 0.455 bits per heavy atom. The maximum atomic E-state index is 12.8. The van der Waals surface area contributed by atoms with Crippen molar-refractivity contribution in [1.29, 1.82) is 0 Å². The third-order valence-electron chi connectivity index (χ3n) is 14.7. The largest absolute Gasteiger partial charge is 0.508 e. The Bertz CT molecular complexity index is 992. The maximum absolute atomic E-state index is 12.8. The molecule has 0 radical (unpaired) electrons. The Labute approximate surface area is 411 Å². The van der Waals surface area contributed by atoms with Crippen LogP contribution in [0.25, 0.3) is 0 Å². The van der Waals surface area contributed by atoms with Crippen molar-refractivity contribution >= 4 is 12.1 Å². The van der Waals surface area contributed by atoms with Crippen molar-refractivity contribution in [3.63, 3.8) is 0 Å². The number of rotatable bonds is 50. The van der Waals surface area contributed by atoms with E-state index in [0.29, 0.717) is 50.7 Å². The van der Waals surface area contributed by atoms with Crippen LogP contribution in [0.4, 0.5) is 4.79 Å². The number of carbonyl (C=O) groups excluding carboxylic acids is 2. The van der Waals surface area contributed by atoms with Crippen LogP contribution < -0.4 is 0 Å². The van der Waals surface area contributed by atoms with Gasteiger partial charge < -0.3 is 19.3 Å². The fraction of sp³-hybridized carbons (Fsp3) is 0.966. The minimum absolute atomic E-state index is 0.0194. The minimum Gasteiger partial charge on any atom is -0.465 e. The van der Waals surface area contributed by atoms with Gasteiger partial charge in [0.2, 0.25) is 0 Å². The third-order valence-corrected chi connectivity index (χ3v) is 14.7. The van der Waals surface area contributed by atoms with Crippen molar-refractivity contribution in [2.75, 3.05) is 59.2 Å². The Morgan fingerprint density at radius 3 is 1.39 bits per heavy atom. The molecule has 66 heavy (non-hydrogen) atoms. The number of ether oxygens (including phenoxy) is 3. The van der Waals surface area contributed by atoms with Crippen LogP contribution in [-0.2, 0) is 19.0 Å². The predicted molar refractivity (Wildman–Crippen MR) is 282 cm³/mol. The number of hydrogen-bond acceptors (Lipinski definition) is 8. The van der Waals surface area contributed by atoms with E-state index < -0.39 is 6.16 Å². The molecular weight excluding hydrogens is 821 g/mol. The number of nitrogens with zero attached hydrogens (tertiary/aromatic N) is 2. The zero-order valence-corrected chi connectivity index (χ0v) is 44.8. The lowest BCUT2D eigenvalue weighted by atomic mass is 9.94. The van der Waals surface area contributed by atoms with E-state index in [2.05, 4.69) is 37.5 Å². The van der Waals surface area contributed by atoms with Crippen LogP contribution >= 0.6 is 0 Å². The normalized spacial score (nSPS) is 13.5. The lowest BCUT2D eigenvalue weighted by Gasteiger charge is -2.36. The Balaban J connectivity index is 2.43. The molecule has 0 saturated heterocycles. The molecule has 0 amide bonds. The van der Waals surface area contributed by atoms with Crippen LogP contribution in [0.5, 0.6) is 0 Å². The van der Waals surface area contributed by atoms with E-state index in [9.17, 15) is 14.7 Å². The summed E-state index contributed by atoms with van der Waals surface area (Å²) in [5.41, 5.74) is 0.